The molecule has 3 rings (SSSR count). The molecular weight excluding hydrogens is 344 g/mol. The number of rotatable bonds is 8. The fraction of sp³-hybridized carbons (Fsp3) is 0.238. The lowest BCUT2D eigenvalue weighted by Crippen LogP contribution is -2.39. The molecule has 0 radical (unpaired) electrons. The minimum atomic E-state index is -1.03. The standard InChI is InChI=1S/C21H22N2O4/c1-21(23-13-12-22-16-23,15-26-14-17-6-4-3-5-7-17)27-20(24)18-8-10-19(25-2)11-9-18/h3-13,16H,14-15H2,1-2H3. The minimum Gasteiger partial charge on any atom is -0.497 e. The van der Waals surface area contributed by atoms with Crippen molar-refractivity contribution in [2.75, 3.05) is 13.7 Å². The van der Waals surface area contributed by atoms with Crippen LogP contribution in [-0.2, 0) is 21.8 Å². The lowest BCUT2D eigenvalue weighted by molar-refractivity contribution is -0.107. The first-order chi connectivity index (χ1) is 13.1. The summed E-state index contributed by atoms with van der Waals surface area (Å²) in [4.78, 5) is 16.7. The molecule has 140 valence electrons. The first-order valence-electron chi connectivity index (χ1n) is 8.58. The summed E-state index contributed by atoms with van der Waals surface area (Å²) in [5.74, 6) is 0.229. The molecule has 6 nitrogen and oxygen atoms in total. The van der Waals surface area contributed by atoms with Crippen LogP contribution in [0.2, 0.25) is 0 Å². The second-order valence-electron chi connectivity index (χ2n) is 6.24. The molecule has 1 heterocycles. The van der Waals surface area contributed by atoms with Crippen molar-refractivity contribution in [2.45, 2.75) is 19.3 Å². The third-order valence-electron chi connectivity index (χ3n) is 4.17. The highest BCUT2D eigenvalue weighted by molar-refractivity contribution is 5.89. The number of imidazole rings is 1. The molecule has 0 bridgehead atoms. The van der Waals surface area contributed by atoms with Crippen molar-refractivity contribution in [3.05, 3.63) is 84.4 Å². The van der Waals surface area contributed by atoms with Crippen molar-refractivity contribution < 1.29 is 19.0 Å². The Morgan fingerprint density at radius 1 is 1.11 bits per heavy atom. The number of carbonyl (C=O) groups excluding carboxylic acids is 1. The van der Waals surface area contributed by atoms with Crippen LogP contribution in [0.1, 0.15) is 22.8 Å². The number of nitrogens with zero attached hydrogens (tertiary/aromatic N) is 2. The third kappa shape index (κ3) is 4.74. The summed E-state index contributed by atoms with van der Waals surface area (Å²) in [5, 5.41) is 0. The van der Waals surface area contributed by atoms with Gasteiger partial charge in [0.1, 0.15) is 12.4 Å². The quantitative estimate of drug-likeness (QED) is 0.570. The number of hydrogen-bond acceptors (Lipinski definition) is 5. The van der Waals surface area contributed by atoms with Crippen molar-refractivity contribution in [3.8, 4) is 5.75 Å². The summed E-state index contributed by atoms with van der Waals surface area (Å²) in [6.45, 7) is 2.40. The molecule has 0 aliphatic rings. The number of hydrogen-bond donors (Lipinski definition) is 0. The van der Waals surface area contributed by atoms with Gasteiger partial charge in [-0.15, -0.1) is 0 Å². The molecule has 27 heavy (non-hydrogen) atoms. The van der Waals surface area contributed by atoms with E-state index in [0.717, 1.165) is 5.56 Å². The molecule has 0 aliphatic carbocycles. The summed E-state index contributed by atoms with van der Waals surface area (Å²) in [7, 11) is 1.58. The smallest absolute Gasteiger partial charge is 0.340 e. The summed E-state index contributed by atoms with van der Waals surface area (Å²) < 4.78 is 18.5. The molecular formula is C21H22N2O4. The van der Waals surface area contributed by atoms with E-state index in [1.165, 1.54) is 0 Å². The Morgan fingerprint density at radius 3 is 2.48 bits per heavy atom. The van der Waals surface area contributed by atoms with Gasteiger partial charge < -0.3 is 14.2 Å². The molecule has 1 aromatic heterocycles. The van der Waals surface area contributed by atoms with E-state index >= 15 is 0 Å². The number of aromatic nitrogens is 2. The number of benzene rings is 2. The van der Waals surface area contributed by atoms with E-state index in [1.807, 2.05) is 30.3 Å². The maximum atomic E-state index is 12.6. The highest BCUT2D eigenvalue weighted by atomic mass is 16.6. The van der Waals surface area contributed by atoms with Crippen molar-refractivity contribution in [3.63, 3.8) is 0 Å². The van der Waals surface area contributed by atoms with Crippen molar-refractivity contribution in [1.82, 2.24) is 9.55 Å². The van der Waals surface area contributed by atoms with Crippen LogP contribution in [0.25, 0.3) is 0 Å². The Labute approximate surface area is 158 Å². The topological polar surface area (TPSA) is 62.6 Å². The van der Waals surface area contributed by atoms with Gasteiger partial charge in [0, 0.05) is 12.4 Å². The summed E-state index contributed by atoms with van der Waals surface area (Å²) in [6, 6.07) is 16.6. The predicted octanol–water partition coefficient (Wildman–Crippen LogP) is 3.64. The highest BCUT2D eigenvalue weighted by Crippen LogP contribution is 2.22. The second-order valence-corrected chi connectivity index (χ2v) is 6.24. The minimum absolute atomic E-state index is 0.181. The van der Waals surface area contributed by atoms with Crippen LogP contribution < -0.4 is 4.74 Å². The fourth-order valence-electron chi connectivity index (χ4n) is 2.61. The van der Waals surface area contributed by atoms with Crippen LogP contribution in [0.4, 0.5) is 0 Å². The van der Waals surface area contributed by atoms with E-state index in [9.17, 15) is 4.79 Å². The Hall–Kier alpha value is -3.12. The zero-order valence-corrected chi connectivity index (χ0v) is 15.4. The molecule has 0 saturated heterocycles. The molecule has 0 spiro atoms. The number of carbonyl (C=O) groups is 1. The van der Waals surface area contributed by atoms with E-state index in [2.05, 4.69) is 4.98 Å². The maximum Gasteiger partial charge on any atom is 0.340 e. The van der Waals surface area contributed by atoms with Gasteiger partial charge in [-0.25, -0.2) is 9.78 Å². The molecule has 2 aromatic carbocycles. The van der Waals surface area contributed by atoms with Gasteiger partial charge >= 0.3 is 5.97 Å². The van der Waals surface area contributed by atoms with Crippen molar-refractivity contribution in [2.24, 2.45) is 0 Å². The predicted molar refractivity (Wildman–Crippen MR) is 100 cm³/mol. The molecule has 6 heteroatoms. The lowest BCUT2D eigenvalue weighted by Gasteiger charge is -2.30. The number of ether oxygens (including phenoxy) is 3. The lowest BCUT2D eigenvalue weighted by atomic mass is 10.2. The zero-order valence-electron chi connectivity index (χ0n) is 15.4. The molecule has 1 unspecified atom stereocenters. The molecule has 0 aliphatic heterocycles. The van der Waals surface area contributed by atoms with E-state index in [4.69, 9.17) is 14.2 Å². The second kappa shape index (κ2) is 8.51. The number of esters is 1. The fourth-order valence-corrected chi connectivity index (χ4v) is 2.61. The van der Waals surface area contributed by atoms with Crippen LogP contribution in [0, 0.1) is 0 Å². The van der Waals surface area contributed by atoms with Gasteiger partial charge in [-0.2, -0.15) is 0 Å². The summed E-state index contributed by atoms with van der Waals surface area (Å²) in [5.41, 5.74) is 0.458. The average Bonchev–Trinajstić information content (AvgIpc) is 3.24. The Balaban J connectivity index is 1.71. The first-order valence-corrected chi connectivity index (χ1v) is 8.58. The highest BCUT2D eigenvalue weighted by Gasteiger charge is 2.31. The molecule has 0 fully saturated rings. The Morgan fingerprint density at radius 2 is 1.85 bits per heavy atom. The van der Waals surface area contributed by atoms with E-state index in [-0.39, 0.29) is 6.61 Å². The average molecular weight is 366 g/mol. The van der Waals surface area contributed by atoms with Crippen molar-refractivity contribution in [1.29, 1.82) is 0 Å². The molecule has 0 saturated carbocycles. The van der Waals surface area contributed by atoms with E-state index in [0.29, 0.717) is 17.9 Å². The van der Waals surface area contributed by atoms with Crippen molar-refractivity contribution >= 4 is 5.97 Å². The van der Waals surface area contributed by atoms with Gasteiger partial charge in [0.15, 0.2) is 0 Å². The van der Waals surface area contributed by atoms with E-state index < -0.39 is 11.7 Å². The third-order valence-corrected chi connectivity index (χ3v) is 4.17. The van der Waals surface area contributed by atoms with E-state index in [1.54, 1.807) is 61.6 Å². The largest absolute Gasteiger partial charge is 0.497 e. The molecule has 0 amide bonds. The maximum absolute atomic E-state index is 12.6. The molecule has 1 atom stereocenters. The van der Waals surface area contributed by atoms with Gasteiger partial charge in [0.05, 0.1) is 25.6 Å². The Kier molecular flexibility index (Phi) is 5.88. The van der Waals surface area contributed by atoms with Crippen LogP contribution in [0.5, 0.6) is 5.75 Å². The van der Waals surface area contributed by atoms with Crippen LogP contribution in [0.3, 0.4) is 0 Å². The van der Waals surface area contributed by atoms with Crippen LogP contribution in [-0.4, -0.2) is 29.2 Å². The normalized spacial score (nSPS) is 13.0. The van der Waals surface area contributed by atoms with Gasteiger partial charge in [-0.05, 0) is 36.8 Å². The SMILES string of the molecule is COc1ccc(C(=O)OC(C)(COCc2ccccc2)n2ccnc2)cc1. The van der Waals surface area contributed by atoms with Crippen LogP contribution in [0.15, 0.2) is 73.3 Å². The first kappa shape index (κ1) is 18.7. The molecule has 0 N–H and O–H groups in total. The van der Waals surface area contributed by atoms with Gasteiger partial charge in [-0.1, -0.05) is 30.3 Å². The monoisotopic (exact) mass is 366 g/mol. The van der Waals surface area contributed by atoms with Gasteiger partial charge in [0.25, 0.3) is 0 Å². The zero-order chi connectivity index (χ0) is 19.1. The summed E-state index contributed by atoms with van der Waals surface area (Å²) >= 11 is 0. The van der Waals surface area contributed by atoms with Gasteiger partial charge in [0.2, 0.25) is 5.72 Å². The molecule has 3 aromatic rings. The Bertz CT molecular complexity index is 848. The number of methoxy groups -OCH3 is 1. The van der Waals surface area contributed by atoms with Gasteiger partial charge in [-0.3, -0.25) is 4.57 Å². The summed E-state index contributed by atoms with van der Waals surface area (Å²) in [6.07, 6.45) is 4.98. The van der Waals surface area contributed by atoms with Crippen LogP contribution >= 0.6 is 0 Å².